The van der Waals surface area contributed by atoms with Crippen LogP contribution in [0.3, 0.4) is 0 Å². The van der Waals surface area contributed by atoms with Crippen molar-refractivity contribution in [3.05, 3.63) is 0 Å². The van der Waals surface area contributed by atoms with Gasteiger partial charge in [0.15, 0.2) is 0 Å². The number of esters is 1. The number of nitrogens with one attached hydrogen (secondary N) is 1. The Morgan fingerprint density at radius 3 is 2.33 bits per heavy atom. The molecule has 0 radical (unpaired) electrons. The lowest BCUT2D eigenvalue weighted by Crippen LogP contribution is -2.41. The Balaban J connectivity index is 2.64. The summed E-state index contributed by atoms with van der Waals surface area (Å²) >= 11 is 0. The smallest absolute Gasteiger partial charge is 0.325 e. The summed E-state index contributed by atoms with van der Waals surface area (Å²) in [4.78, 5) is 11.0. The lowest BCUT2D eigenvalue weighted by atomic mass is 10.1. The minimum absolute atomic E-state index is 0.288. The maximum absolute atomic E-state index is 11.0. The summed E-state index contributed by atoms with van der Waals surface area (Å²) in [6.45, 7) is 1.69. The predicted molar refractivity (Wildman–Crippen MR) is 40.4 cm³/mol. The van der Waals surface area contributed by atoms with E-state index in [9.17, 15) is 15.0 Å². The van der Waals surface area contributed by atoms with Gasteiger partial charge < -0.3 is 14.9 Å². The largest absolute Gasteiger partial charge is 0.468 e. The van der Waals surface area contributed by atoms with Crippen LogP contribution in [0, 0.1) is 0 Å². The molecule has 5 heteroatoms. The fourth-order valence-electron chi connectivity index (χ4n) is 1.31. The topological polar surface area (TPSA) is 78.8 Å². The molecule has 3 N–H and O–H groups in total. The summed E-state index contributed by atoms with van der Waals surface area (Å²) in [6, 6.07) is -1.09. The first-order chi connectivity index (χ1) is 5.57. The molecule has 0 spiro atoms. The lowest BCUT2D eigenvalue weighted by Gasteiger charge is -2.12. The molecule has 0 amide bonds. The van der Waals surface area contributed by atoms with Gasteiger partial charge in [-0.1, -0.05) is 0 Å². The van der Waals surface area contributed by atoms with Gasteiger partial charge in [-0.3, -0.25) is 10.1 Å². The third-order valence-electron chi connectivity index (χ3n) is 2.10. The number of aliphatic hydroxyl groups excluding tert-OH is 2. The van der Waals surface area contributed by atoms with E-state index in [2.05, 4.69) is 10.1 Å². The Morgan fingerprint density at radius 2 is 2.00 bits per heavy atom. The minimum Gasteiger partial charge on any atom is -0.468 e. The zero-order valence-electron chi connectivity index (χ0n) is 7.02. The van der Waals surface area contributed by atoms with Gasteiger partial charge in [0.25, 0.3) is 0 Å². The van der Waals surface area contributed by atoms with Gasteiger partial charge in [-0.15, -0.1) is 0 Å². The Hall–Kier alpha value is -0.650. The zero-order chi connectivity index (χ0) is 9.30. The Bertz CT molecular complexity index is 184. The van der Waals surface area contributed by atoms with Crippen molar-refractivity contribution in [1.29, 1.82) is 0 Å². The quantitative estimate of drug-likeness (QED) is 0.411. The van der Waals surface area contributed by atoms with Gasteiger partial charge in [-0.25, -0.2) is 0 Å². The molecule has 0 aromatic rings. The molecule has 1 rings (SSSR count). The van der Waals surface area contributed by atoms with E-state index in [1.807, 2.05) is 0 Å². The number of aliphatic hydroxyl groups is 2. The van der Waals surface area contributed by atoms with Crippen LogP contribution < -0.4 is 5.32 Å². The Kier molecular flexibility index (Phi) is 2.66. The standard InChI is InChI=1S/C7H13NO4/c1-3-5(9)6(10)4(8-3)7(11)12-2/h3-6,8-10H,1-2H3/t3-,4+,5-,6+/m1/s1. The van der Waals surface area contributed by atoms with E-state index in [0.717, 1.165) is 0 Å². The summed E-state index contributed by atoms with van der Waals surface area (Å²) in [5.41, 5.74) is 0. The summed E-state index contributed by atoms with van der Waals surface area (Å²) in [5.74, 6) is -0.550. The average molecular weight is 175 g/mol. The summed E-state index contributed by atoms with van der Waals surface area (Å²) in [6.07, 6.45) is -1.98. The van der Waals surface area contributed by atoms with Crippen molar-refractivity contribution in [2.24, 2.45) is 0 Å². The molecule has 0 aromatic heterocycles. The molecular formula is C7H13NO4. The molecule has 0 bridgehead atoms. The molecule has 5 nitrogen and oxygen atoms in total. The minimum atomic E-state index is -1.08. The highest BCUT2D eigenvalue weighted by Crippen LogP contribution is 2.14. The van der Waals surface area contributed by atoms with Crippen molar-refractivity contribution in [2.45, 2.75) is 31.2 Å². The number of rotatable bonds is 1. The Morgan fingerprint density at radius 1 is 1.42 bits per heavy atom. The van der Waals surface area contributed by atoms with E-state index in [1.54, 1.807) is 6.92 Å². The second-order valence-corrected chi connectivity index (χ2v) is 2.94. The van der Waals surface area contributed by atoms with E-state index in [0.29, 0.717) is 0 Å². The highest BCUT2D eigenvalue weighted by molar-refractivity contribution is 5.77. The normalized spacial score (nSPS) is 41.3. The van der Waals surface area contributed by atoms with Crippen LogP contribution in [-0.2, 0) is 9.53 Å². The van der Waals surface area contributed by atoms with Gasteiger partial charge in [-0.05, 0) is 6.92 Å². The second kappa shape index (κ2) is 3.38. The van der Waals surface area contributed by atoms with Crippen LogP contribution in [0.15, 0.2) is 0 Å². The molecular weight excluding hydrogens is 162 g/mol. The monoisotopic (exact) mass is 175 g/mol. The third kappa shape index (κ3) is 1.43. The first kappa shape index (κ1) is 9.44. The van der Waals surface area contributed by atoms with Crippen LogP contribution in [0.1, 0.15) is 6.92 Å². The summed E-state index contributed by atoms with van der Waals surface area (Å²) in [5, 5.41) is 21.3. The van der Waals surface area contributed by atoms with E-state index < -0.39 is 24.2 Å². The fraction of sp³-hybridized carbons (Fsp3) is 0.857. The zero-order valence-corrected chi connectivity index (χ0v) is 7.02. The molecule has 4 atom stereocenters. The molecule has 0 aliphatic carbocycles. The van der Waals surface area contributed by atoms with Gasteiger partial charge in [0.1, 0.15) is 12.1 Å². The van der Waals surface area contributed by atoms with Crippen LogP contribution in [-0.4, -0.2) is 47.6 Å². The highest BCUT2D eigenvalue weighted by Gasteiger charge is 2.43. The van der Waals surface area contributed by atoms with Gasteiger partial charge in [0, 0.05) is 6.04 Å². The van der Waals surface area contributed by atoms with E-state index in [1.165, 1.54) is 7.11 Å². The van der Waals surface area contributed by atoms with E-state index in [-0.39, 0.29) is 6.04 Å². The van der Waals surface area contributed by atoms with E-state index in [4.69, 9.17) is 0 Å². The van der Waals surface area contributed by atoms with Crippen molar-refractivity contribution in [3.8, 4) is 0 Å². The lowest BCUT2D eigenvalue weighted by molar-refractivity contribution is -0.145. The van der Waals surface area contributed by atoms with Crippen molar-refractivity contribution in [3.63, 3.8) is 0 Å². The molecule has 70 valence electrons. The summed E-state index contributed by atoms with van der Waals surface area (Å²) in [7, 11) is 1.24. The molecule has 1 aliphatic rings. The fourth-order valence-corrected chi connectivity index (χ4v) is 1.31. The average Bonchev–Trinajstić information content (AvgIpc) is 2.32. The first-order valence-electron chi connectivity index (χ1n) is 3.78. The van der Waals surface area contributed by atoms with Gasteiger partial charge >= 0.3 is 5.97 Å². The number of methoxy groups -OCH3 is 1. The maximum Gasteiger partial charge on any atom is 0.325 e. The molecule has 12 heavy (non-hydrogen) atoms. The molecule has 1 fully saturated rings. The van der Waals surface area contributed by atoms with Crippen molar-refractivity contribution in [2.75, 3.05) is 7.11 Å². The highest BCUT2D eigenvalue weighted by atomic mass is 16.5. The predicted octanol–water partition coefficient (Wildman–Crippen LogP) is -1.76. The van der Waals surface area contributed by atoms with Crippen molar-refractivity contribution >= 4 is 5.97 Å². The van der Waals surface area contributed by atoms with Crippen molar-refractivity contribution in [1.82, 2.24) is 5.32 Å². The Labute approximate surface area is 70.3 Å². The number of hydrogen-bond donors (Lipinski definition) is 3. The second-order valence-electron chi connectivity index (χ2n) is 2.94. The van der Waals surface area contributed by atoms with Crippen molar-refractivity contribution < 1.29 is 19.7 Å². The van der Waals surface area contributed by atoms with E-state index >= 15 is 0 Å². The van der Waals surface area contributed by atoms with Gasteiger partial charge in [-0.2, -0.15) is 0 Å². The maximum atomic E-state index is 11.0. The summed E-state index contributed by atoms with van der Waals surface area (Å²) < 4.78 is 4.43. The molecule has 0 unspecified atom stereocenters. The van der Waals surface area contributed by atoms with Crippen LogP contribution >= 0.6 is 0 Å². The number of hydrogen-bond acceptors (Lipinski definition) is 5. The SMILES string of the molecule is COC(=O)[C@H]1N[C@H](C)[C@@H](O)[C@H]1O. The number of ether oxygens (including phenoxy) is 1. The molecule has 0 aromatic carbocycles. The number of carbonyl (C=O) groups is 1. The van der Waals surface area contributed by atoms with Crippen LogP contribution in [0.2, 0.25) is 0 Å². The van der Waals surface area contributed by atoms with Crippen LogP contribution in [0.25, 0.3) is 0 Å². The molecule has 1 heterocycles. The molecule has 1 saturated heterocycles. The third-order valence-corrected chi connectivity index (χ3v) is 2.10. The molecule has 1 aliphatic heterocycles. The molecule has 0 saturated carbocycles. The van der Waals surface area contributed by atoms with Crippen LogP contribution in [0.4, 0.5) is 0 Å². The van der Waals surface area contributed by atoms with Gasteiger partial charge in [0.2, 0.25) is 0 Å². The van der Waals surface area contributed by atoms with Gasteiger partial charge in [0.05, 0.1) is 13.2 Å². The first-order valence-corrected chi connectivity index (χ1v) is 3.78. The number of carbonyl (C=O) groups excluding carboxylic acids is 1. The van der Waals surface area contributed by atoms with Crippen LogP contribution in [0.5, 0.6) is 0 Å².